The number of ether oxygens (including phenoxy) is 2. The van der Waals surface area contributed by atoms with Crippen LogP contribution >= 0.6 is 28.7 Å². The van der Waals surface area contributed by atoms with Crippen LogP contribution in [0, 0.1) is 6.92 Å². The van der Waals surface area contributed by atoms with Crippen molar-refractivity contribution in [3.63, 3.8) is 0 Å². The third-order valence-electron chi connectivity index (χ3n) is 2.72. The molecule has 0 spiro atoms. The molecule has 0 aromatic carbocycles. The van der Waals surface area contributed by atoms with Gasteiger partial charge in [-0.2, -0.15) is 0 Å². The Morgan fingerprint density at radius 3 is 1.85 bits per heavy atom. The first kappa shape index (κ1) is 23.9. The quantitative estimate of drug-likeness (QED) is 0.342. The number of hydrogen-bond donors (Lipinski definition) is 1. The van der Waals surface area contributed by atoms with Gasteiger partial charge in [-0.05, 0) is 31.2 Å². The van der Waals surface area contributed by atoms with Crippen molar-refractivity contribution in [2.24, 2.45) is 4.30 Å². The van der Waals surface area contributed by atoms with Gasteiger partial charge in [-0.15, -0.1) is 0 Å². The first-order valence-electron chi connectivity index (χ1n) is 7.07. The Hall–Kier alpha value is -2.07. The van der Waals surface area contributed by atoms with Crippen LogP contribution < -0.4 is 0 Å². The van der Waals surface area contributed by atoms with E-state index in [1.165, 1.54) is 26.6 Å². The molecule has 0 unspecified atom stereocenters. The molecule has 0 saturated heterocycles. The average Bonchev–Trinajstić information content (AvgIpc) is 2.68. The standard InChI is InChI=1S/C8H8BrNO2.C8H9NO2.BHNS/c1-12-8(11)6-2-3-7(4-9)10-5-6;1-6-3-4-7(5-9-6)8(10)11-2;1-2-3/h2-3,5H,4H2,1H3;3-5H,1-2H3;3H. The van der Waals surface area contributed by atoms with Gasteiger partial charge in [-0.3, -0.25) is 9.97 Å². The number of aryl methyl sites for hydroxylation is 1. The van der Waals surface area contributed by atoms with E-state index < -0.39 is 0 Å². The van der Waals surface area contributed by atoms with Crippen molar-refractivity contribution in [1.82, 2.24) is 9.97 Å². The van der Waals surface area contributed by atoms with E-state index in [2.05, 4.69) is 60.1 Å². The summed E-state index contributed by atoms with van der Waals surface area (Å²) in [5.41, 5.74) is 2.74. The Morgan fingerprint density at radius 1 is 1.08 bits per heavy atom. The number of carbonyl (C=O) groups excluding carboxylic acids is 2. The Morgan fingerprint density at radius 2 is 1.54 bits per heavy atom. The number of thiol groups is 1. The van der Waals surface area contributed by atoms with Gasteiger partial charge in [0.25, 0.3) is 0 Å². The SMILES string of the molecule is COC(=O)c1ccc(C)nc1.COC(=O)c1ccc(CBr)nc1.[B]=NS. The maximum absolute atomic E-state index is 10.9. The second kappa shape index (κ2) is 14.1. The summed E-state index contributed by atoms with van der Waals surface area (Å²) in [5.74, 6) is -0.707. The Balaban J connectivity index is 0.000000419. The second-order valence-corrected chi connectivity index (χ2v) is 5.25. The first-order valence-corrected chi connectivity index (χ1v) is 8.60. The van der Waals surface area contributed by atoms with Crippen LogP contribution in [0.25, 0.3) is 0 Å². The Bertz CT molecular complexity index is 700. The van der Waals surface area contributed by atoms with Crippen molar-refractivity contribution in [3.05, 3.63) is 59.2 Å². The van der Waals surface area contributed by atoms with Crippen molar-refractivity contribution in [2.45, 2.75) is 12.3 Å². The van der Waals surface area contributed by atoms with Crippen molar-refractivity contribution >= 4 is 48.3 Å². The fourth-order valence-corrected chi connectivity index (χ4v) is 1.78. The molecule has 0 aliphatic carbocycles. The van der Waals surface area contributed by atoms with Crippen LogP contribution in [-0.4, -0.2) is 43.8 Å². The second-order valence-electron chi connectivity index (χ2n) is 4.46. The number of esters is 2. The number of hydrogen-bond acceptors (Lipinski definition) is 8. The van der Waals surface area contributed by atoms with Gasteiger partial charge in [0.1, 0.15) is 0 Å². The predicted octanol–water partition coefficient (Wildman–Crippen LogP) is 3.12. The molecule has 26 heavy (non-hydrogen) atoms. The van der Waals surface area contributed by atoms with E-state index in [1.54, 1.807) is 24.3 Å². The zero-order valence-electron chi connectivity index (χ0n) is 14.5. The molecule has 0 aliphatic rings. The van der Waals surface area contributed by atoms with Gasteiger partial charge in [0, 0.05) is 23.4 Å². The van der Waals surface area contributed by atoms with Crippen LogP contribution in [0.3, 0.4) is 0 Å². The van der Waals surface area contributed by atoms with Crippen molar-refractivity contribution in [2.75, 3.05) is 14.2 Å². The molecule has 1 radical (unpaired) electrons. The van der Waals surface area contributed by atoms with E-state index in [9.17, 15) is 9.59 Å². The van der Waals surface area contributed by atoms with E-state index in [1.807, 2.05) is 6.92 Å². The normalized spacial score (nSPS) is 8.77. The molecule has 137 valence electrons. The number of halogens is 1. The predicted molar refractivity (Wildman–Crippen MR) is 106 cm³/mol. The zero-order chi connectivity index (χ0) is 19.9. The Kier molecular flexibility index (Phi) is 13.0. The third-order valence-corrected chi connectivity index (χ3v) is 3.29. The van der Waals surface area contributed by atoms with Gasteiger partial charge in [-0.25, -0.2) is 9.59 Å². The van der Waals surface area contributed by atoms with E-state index in [0.29, 0.717) is 16.5 Å². The number of pyridine rings is 2. The molecule has 0 atom stereocenters. The summed E-state index contributed by atoms with van der Waals surface area (Å²) in [7, 11) is 7.03. The number of carbonyl (C=O) groups is 2. The van der Waals surface area contributed by atoms with Gasteiger partial charge in [0.05, 0.1) is 31.0 Å². The van der Waals surface area contributed by atoms with E-state index in [0.717, 1.165) is 11.4 Å². The first-order chi connectivity index (χ1) is 12.4. The average molecular weight is 439 g/mol. The monoisotopic (exact) mass is 438 g/mol. The number of rotatable bonds is 3. The minimum absolute atomic E-state index is 0.350. The van der Waals surface area contributed by atoms with Crippen LogP contribution in [0.2, 0.25) is 0 Å². The number of aromatic nitrogens is 2. The molecule has 0 N–H and O–H groups in total. The minimum atomic E-state index is -0.358. The summed E-state index contributed by atoms with van der Waals surface area (Å²) in [6, 6.07) is 6.93. The summed E-state index contributed by atoms with van der Waals surface area (Å²) < 4.78 is 11.7. The molecule has 2 heterocycles. The molecule has 7 nitrogen and oxygen atoms in total. The summed E-state index contributed by atoms with van der Waals surface area (Å²) in [6.45, 7) is 1.86. The molecule has 2 rings (SSSR count). The molecule has 0 bridgehead atoms. The Labute approximate surface area is 167 Å². The summed E-state index contributed by atoms with van der Waals surface area (Å²) >= 11 is 6.45. The molecule has 0 saturated carbocycles. The van der Waals surface area contributed by atoms with Crippen molar-refractivity contribution in [1.29, 1.82) is 0 Å². The summed E-state index contributed by atoms with van der Waals surface area (Å²) in [5, 5.41) is 0.689. The van der Waals surface area contributed by atoms with Gasteiger partial charge in [0.2, 0.25) is 0 Å². The summed E-state index contributed by atoms with van der Waals surface area (Å²) in [4.78, 5) is 29.8. The van der Waals surface area contributed by atoms with E-state index in [4.69, 9.17) is 0 Å². The zero-order valence-corrected chi connectivity index (χ0v) is 17.0. The number of nitrogens with zero attached hydrogens (tertiary/aromatic N) is 3. The van der Waals surface area contributed by atoms with Gasteiger partial charge < -0.3 is 9.47 Å². The van der Waals surface area contributed by atoms with Gasteiger partial charge >= 0.3 is 36.7 Å². The van der Waals surface area contributed by atoms with Crippen LogP contribution in [-0.2, 0) is 14.8 Å². The molecule has 0 amide bonds. The van der Waals surface area contributed by atoms with Gasteiger partial charge in [-0.1, -0.05) is 15.9 Å². The van der Waals surface area contributed by atoms with E-state index >= 15 is 0 Å². The fourth-order valence-electron chi connectivity index (χ4n) is 1.45. The van der Waals surface area contributed by atoms with E-state index in [-0.39, 0.29) is 11.9 Å². The van der Waals surface area contributed by atoms with Crippen LogP contribution in [0.1, 0.15) is 32.1 Å². The maximum atomic E-state index is 10.9. The number of methoxy groups -OCH3 is 2. The van der Waals surface area contributed by atoms with Gasteiger partial charge in [0.15, 0.2) is 0 Å². The molecule has 10 heteroatoms. The molecular weight excluding hydrogens is 421 g/mol. The third kappa shape index (κ3) is 9.43. The molecular formula is C16H18BBrN3O4S. The molecule has 0 aliphatic heterocycles. The van der Waals surface area contributed by atoms with Crippen molar-refractivity contribution in [3.8, 4) is 0 Å². The van der Waals surface area contributed by atoms with Crippen LogP contribution in [0.4, 0.5) is 0 Å². The molecule has 2 aromatic heterocycles. The molecule has 2 aromatic rings. The van der Waals surface area contributed by atoms with Crippen LogP contribution in [0.5, 0.6) is 0 Å². The molecule has 0 fully saturated rings. The summed E-state index contributed by atoms with van der Waals surface area (Å²) in [6.07, 6.45) is 3.00. The van der Waals surface area contributed by atoms with Crippen LogP contribution in [0.15, 0.2) is 41.0 Å². The fraction of sp³-hybridized carbons (Fsp3) is 0.250. The topological polar surface area (TPSA) is 90.7 Å². The number of alkyl halides is 1. The van der Waals surface area contributed by atoms with Crippen molar-refractivity contribution < 1.29 is 19.1 Å².